The Morgan fingerprint density at radius 1 is 1.44 bits per heavy atom. The predicted molar refractivity (Wildman–Crippen MR) is 103 cm³/mol. The first-order chi connectivity index (χ1) is 12.1. The van der Waals surface area contributed by atoms with Gasteiger partial charge in [-0.15, -0.1) is 11.3 Å². The molecule has 25 heavy (non-hydrogen) atoms. The predicted octanol–water partition coefficient (Wildman–Crippen LogP) is 3.39. The molecule has 1 atom stereocenters. The third kappa shape index (κ3) is 3.89. The summed E-state index contributed by atoms with van der Waals surface area (Å²) in [4.78, 5) is 16.9. The lowest BCUT2D eigenvalue weighted by Crippen LogP contribution is -2.27. The van der Waals surface area contributed by atoms with E-state index in [1.54, 1.807) is 25.1 Å². The van der Waals surface area contributed by atoms with Gasteiger partial charge in [0.05, 0.1) is 24.8 Å². The number of aldehydes is 1. The van der Waals surface area contributed by atoms with E-state index in [0.29, 0.717) is 15.9 Å². The molecule has 0 spiro atoms. The van der Waals surface area contributed by atoms with Gasteiger partial charge >= 0.3 is 5.17 Å². The fourth-order valence-electron chi connectivity index (χ4n) is 2.55. The molecular weight excluding hydrogens is 378 g/mol. The van der Waals surface area contributed by atoms with Crippen LogP contribution in [0, 0.1) is 0 Å². The Kier molecular flexibility index (Phi) is 5.78. The highest BCUT2D eigenvalue weighted by Gasteiger charge is 2.33. The van der Waals surface area contributed by atoms with Gasteiger partial charge < -0.3 is 4.74 Å². The molecular formula is C17H17ClN3O2S2+. The number of hydrogen-bond acceptors (Lipinski definition) is 5. The van der Waals surface area contributed by atoms with Crippen LogP contribution in [0.3, 0.4) is 0 Å². The maximum Gasteiger partial charge on any atom is 0.314 e. The molecule has 5 nitrogen and oxygen atoms in total. The summed E-state index contributed by atoms with van der Waals surface area (Å²) in [5.74, 6) is 1.36. The first kappa shape index (κ1) is 18.0. The number of nitrogens with one attached hydrogen (secondary N) is 1. The van der Waals surface area contributed by atoms with Gasteiger partial charge in [-0.1, -0.05) is 41.9 Å². The van der Waals surface area contributed by atoms with Crippen molar-refractivity contribution in [3.05, 3.63) is 57.3 Å². The minimum absolute atomic E-state index is 0.141. The highest BCUT2D eigenvalue weighted by atomic mass is 35.5. The zero-order valence-electron chi connectivity index (χ0n) is 13.7. The van der Waals surface area contributed by atoms with Crippen molar-refractivity contribution in [2.45, 2.75) is 6.04 Å². The number of halogens is 1. The van der Waals surface area contributed by atoms with E-state index in [1.807, 2.05) is 42.0 Å². The Labute approximate surface area is 159 Å². The quantitative estimate of drug-likeness (QED) is 0.364. The van der Waals surface area contributed by atoms with E-state index in [9.17, 15) is 4.79 Å². The van der Waals surface area contributed by atoms with Gasteiger partial charge in [0, 0.05) is 6.20 Å². The number of amidine groups is 1. The highest BCUT2D eigenvalue weighted by Crippen LogP contribution is 2.31. The Morgan fingerprint density at radius 2 is 2.20 bits per heavy atom. The maximum absolute atomic E-state index is 11.7. The summed E-state index contributed by atoms with van der Waals surface area (Å²) < 4.78 is 7.95. The summed E-state index contributed by atoms with van der Waals surface area (Å²) in [6.45, 7) is 0. The van der Waals surface area contributed by atoms with Crippen molar-refractivity contribution >= 4 is 51.7 Å². The van der Waals surface area contributed by atoms with Crippen LogP contribution >= 0.6 is 34.7 Å². The number of thioether (sulfide) groups is 1. The molecule has 1 unspecified atom stereocenters. The molecule has 1 saturated heterocycles. The normalized spacial score (nSPS) is 19.9. The number of methoxy groups -OCH3 is 1. The molecule has 0 radical (unpaired) electrons. The summed E-state index contributed by atoms with van der Waals surface area (Å²) in [6, 6.07) is 9.62. The number of hydrogen-bond donors (Lipinski definition) is 1. The van der Waals surface area contributed by atoms with E-state index < -0.39 is 0 Å². The first-order valence-corrected chi connectivity index (χ1v) is 9.72. The maximum atomic E-state index is 11.7. The van der Waals surface area contributed by atoms with Gasteiger partial charge in [0.25, 0.3) is 5.88 Å². The van der Waals surface area contributed by atoms with Crippen LogP contribution in [0.1, 0.15) is 16.5 Å². The molecule has 1 N–H and O–H groups in total. The molecule has 1 aliphatic heterocycles. The van der Waals surface area contributed by atoms with Gasteiger partial charge in [0.2, 0.25) is 0 Å². The number of benzene rings is 1. The Hall–Kier alpha value is -1.83. The van der Waals surface area contributed by atoms with Crippen molar-refractivity contribution in [2.75, 3.05) is 19.9 Å². The van der Waals surface area contributed by atoms with Gasteiger partial charge in [0.15, 0.2) is 10.8 Å². The average molecular weight is 395 g/mol. The number of thiazole rings is 1. The van der Waals surface area contributed by atoms with Crippen LogP contribution in [-0.4, -0.2) is 40.9 Å². The van der Waals surface area contributed by atoms with Crippen molar-refractivity contribution in [3.63, 3.8) is 0 Å². The van der Waals surface area contributed by atoms with Crippen molar-refractivity contribution < 1.29 is 14.1 Å². The zero-order chi connectivity index (χ0) is 17.8. The van der Waals surface area contributed by atoms with Crippen LogP contribution in [0.2, 0.25) is 4.47 Å². The van der Waals surface area contributed by atoms with Gasteiger partial charge in [-0.3, -0.25) is 10.1 Å². The van der Waals surface area contributed by atoms with Crippen molar-refractivity contribution in [3.8, 4) is 0 Å². The number of carbonyl (C=O) groups is 1. The molecule has 0 aliphatic carbocycles. The Morgan fingerprint density at radius 3 is 2.80 bits per heavy atom. The molecule has 1 aliphatic rings. The Bertz CT molecular complexity index is 833. The second-order valence-corrected chi connectivity index (χ2v) is 7.95. The second kappa shape index (κ2) is 8.03. The first-order valence-electron chi connectivity index (χ1n) is 7.54. The van der Waals surface area contributed by atoms with Crippen molar-refractivity contribution in [2.24, 2.45) is 0 Å². The molecule has 0 bridgehead atoms. The number of carbonyl (C=O) groups excluding carboxylic acids is 1. The molecule has 2 aromatic rings. The molecule has 2 heterocycles. The van der Waals surface area contributed by atoms with Gasteiger partial charge in [-0.25, -0.2) is 4.98 Å². The van der Waals surface area contributed by atoms with E-state index in [1.165, 1.54) is 11.3 Å². The lowest BCUT2D eigenvalue weighted by Gasteiger charge is -2.10. The third-order valence-corrected chi connectivity index (χ3v) is 6.15. The summed E-state index contributed by atoms with van der Waals surface area (Å²) in [7, 11) is 3.45. The fraction of sp³-hybridized carbons (Fsp3) is 0.235. The van der Waals surface area contributed by atoms with Gasteiger partial charge in [0.1, 0.15) is 11.6 Å². The smallest absolute Gasteiger partial charge is 0.314 e. The molecule has 1 aromatic heterocycles. The number of rotatable bonds is 5. The highest BCUT2D eigenvalue weighted by molar-refractivity contribution is 8.14. The lowest BCUT2D eigenvalue weighted by atomic mass is 10.1. The lowest BCUT2D eigenvalue weighted by molar-refractivity contribution is -0.476. The van der Waals surface area contributed by atoms with Gasteiger partial charge in [-0.2, -0.15) is 4.58 Å². The monoisotopic (exact) mass is 394 g/mol. The van der Waals surface area contributed by atoms with Crippen molar-refractivity contribution in [1.29, 1.82) is 0 Å². The second-order valence-electron chi connectivity index (χ2n) is 5.29. The van der Waals surface area contributed by atoms with Crippen LogP contribution in [0.5, 0.6) is 0 Å². The van der Waals surface area contributed by atoms with Crippen LogP contribution in [0.15, 0.2) is 42.4 Å². The molecule has 1 fully saturated rings. The molecule has 0 amide bonds. The van der Waals surface area contributed by atoms with Crippen LogP contribution in [-0.2, 0) is 9.53 Å². The van der Waals surface area contributed by atoms with E-state index >= 15 is 0 Å². The molecule has 3 rings (SSSR count). The summed E-state index contributed by atoms with van der Waals surface area (Å²) >= 11 is 9.06. The number of nitrogens with zero attached hydrogens (tertiary/aromatic N) is 2. The zero-order valence-corrected chi connectivity index (χ0v) is 16.1. The molecule has 0 saturated carbocycles. The van der Waals surface area contributed by atoms with Gasteiger partial charge in [-0.05, 0) is 17.3 Å². The van der Waals surface area contributed by atoms with E-state index in [4.69, 9.17) is 16.3 Å². The summed E-state index contributed by atoms with van der Waals surface area (Å²) in [5.41, 5.74) is 1.32. The minimum atomic E-state index is 0.141. The number of allylic oxidation sites excluding steroid dienone is 1. The van der Waals surface area contributed by atoms with E-state index in [-0.39, 0.29) is 6.04 Å². The van der Waals surface area contributed by atoms with E-state index in [2.05, 4.69) is 10.3 Å². The molecule has 8 heteroatoms. The minimum Gasteiger partial charge on any atom is -0.465 e. The summed E-state index contributed by atoms with van der Waals surface area (Å²) in [5, 5.41) is 4.37. The number of aromatic nitrogens is 1. The van der Waals surface area contributed by atoms with Crippen LogP contribution < -0.4 is 5.32 Å². The number of ether oxygens (including phenoxy) is 1. The van der Waals surface area contributed by atoms with Crippen molar-refractivity contribution in [1.82, 2.24) is 10.3 Å². The largest absolute Gasteiger partial charge is 0.465 e. The Balaban J connectivity index is 1.94. The average Bonchev–Trinajstić information content (AvgIpc) is 3.28. The summed E-state index contributed by atoms with van der Waals surface area (Å²) in [6.07, 6.45) is 2.62. The van der Waals surface area contributed by atoms with E-state index in [0.717, 1.165) is 27.6 Å². The van der Waals surface area contributed by atoms with Crippen LogP contribution in [0.4, 0.5) is 0 Å². The topological polar surface area (TPSA) is 54.2 Å². The SMILES string of the molecule is COC(=C(/C=O)c1ccccc1)/[N+](C)=C1\NC(c2cnc(Cl)s2)CS1. The van der Waals surface area contributed by atoms with Crippen LogP contribution in [0.25, 0.3) is 5.57 Å². The molecule has 1 aromatic carbocycles. The molecule has 130 valence electrons. The fourth-order valence-corrected chi connectivity index (χ4v) is 4.75. The standard InChI is InChI=1S/C17H16ClN3O2S2/c1-21(15(23-2)12(9-22)11-6-4-3-5-7-11)17-20-13(10-24-17)14-8-19-16(18)25-14/h3-9,13H,10H2,1-2H3/p+1/b15-12-. The third-order valence-electron chi connectivity index (χ3n) is 3.76.